The fourth-order valence-corrected chi connectivity index (χ4v) is 2.83. The molecule has 0 fully saturated rings. The fourth-order valence-electron chi connectivity index (χ4n) is 2.20. The number of aromatic nitrogens is 2. The summed E-state index contributed by atoms with van der Waals surface area (Å²) in [5.41, 5.74) is -0.0450. The Hall–Kier alpha value is -2.00. The first-order valence-corrected chi connectivity index (χ1v) is 9.31. The Balaban J connectivity index is 1.94. The number of benzene rings is 1. The molecule has 0 N–H and O–H groups in total. The van der Waals surface area contributed by atoms with E-state index in [1.54, 1.807) is 12.1 Å². The van der Waals surface area contributed by atoms with Crippen molar-refractivity contribution in [1.82, 2.24) is 14.9 Å². The molecule has 0 aliphatic heterocycles. The van der Waals surface area contributed by atoms with E-state index in [-0.39, 0.29) is 17.1 Å². The number of halogens is 3. The van der Waals surface area contributed by atoms with Crippen LogP contribution in [0.25, 0.3) is 0 Å². The number of hydrogen-bond donors (Lipinski definition) is 0. The third kappa shape index (κ3) is 5.79. The van der Waals surface area contributed by atoms with Crippen LogP contribution in [0.15, 0.2) is 41.4 Å². The monoisotopic (exact) mass is 373 g/mol. The molecule has 2 aromatic rings. The van der Waals surface area contributed by atoms with E-state index < -0.39 is 21.7 Å². The van der Waals surface area contributed by atoms with E-state index in [9.17, 15) is 21.6 Å². The predicted molar refractivity (Wildman–Crippen MR) is 86.6 cm³/mol. The molecule has 1 aromatic heterocycles. The molecule has 2 rings (SSSR count). The molecule has 0 atom stereocenters. The van der Waals surface area contributed by atoms with Crippen LogP contribution in [0.4, 0.5) is 13.2 Å². The molecule has 0 radical (unpaired) electrons. The Morgan fingerprint density at radius 1 is 1.12 bits per heavy atom. The number of sulfone groups is 1. The minimum absolute atomic E-state index is 0.133. The molecule has 0 aliphatic carbocycles. The van der Waals surface area contributed by atoms with Gasteiger partial charge in [-0.05, 0) is 30.8 Å². The summed E-state index contributed by atoms with van der Waals surface area (Å²) in [5, 5.41) is 0. The van der Waals surface area contributed by atoms with Crippen molar-refractivity contribution >= 4 is 9.84 Å². The summed E-state index contributed by atoms with van der Waals surface area (Å²) in [4.78, 5) is 9.55. The maximum absolute atomic E-state index is 12.6. The lowest BCUT2D eigenvalue weighted by atomic mass is 10.2. The van der Waals surface area contributed by atoms with Crippen molar-refractivity contribution in [2.45, 2.75) is 24.0 Å². The summed E-state index contributed by atoms with van der Waals surface area (Å²) in [6.07, 6.45) is -1.95. The van der Waals surface area contributed by atoms with Crippen molar-refractivity contribution in [1.29, 1.82) is 0 Å². The van der Waals surface area contributed by atoms with Gasteiger partial charge in [-0.1, -0.05) is 12.1 Å². The van der Waals surface area contributed by atoms with Gasteiger partial charge in [0, 0.05) is 32.0 Å². The van der Waals surface area contributed by atoms with E-state index in [1.165, 1.54) is 12.1 Å². The third-order valence-electron chi connectivity index (χ3n) is 3.52. The largest absolute Gasteiger partial charge is 0.433 e. The van der Waals surface area contributed by atoms with E-state index in [0.29, 0.717) is 13.1 Å². The van der Waals surface area contributed by atoms with Crippen LogP contribution >= 0.6 is 0 Å². The van der Waals surface area contributed by atoms with Crippen LogP contribution in [0, 0.1) is 0 Å². The number of hydrogen-bond acceptors (Lipinski definition) is 5. The smallest absolute Gasteiger partial charge is 0.302 e. The minimum atomic E-state index is -4.48. The second kappa shape index (κ2) is 7.49. The van der Waals surface area contributed by atoms with Crippen molar-refractivity contribution in [3.8, 4) is 0 Å². The molecular weight excluding hydrogens is 355 g/mol. The molecule has 0 amide bonds. The molecule has 0 aliphatic rings. The first kappa shape index (κ1) is 19.3. The van der Waals surface area contributed by atoms with Gasteiger partial charge < -0.3 is 4.90 Å². The van der Waals surface area contributed by atoms with Crippen molar-refractivity contribution < 1.29 is 21.6 Å². The fraction of sp³-hybridized carbons (Fsp3) is 0.375. The summed E-state index contributed by atoms with van der Waals surface area (Å²) in [7, 11) is -1.41. The van der Waals surface area contributed by atoms with Gasteiger partial charge in [-0.25, -0.2) is 18.4 Å². The summed E-state index contributed by atoms with van der Waals surface area (Å²) in [6.45, 7) is 0.998. The van der Waals surface area contributed by atoms with Gasteiger partial charge in [0.2, 0.25) is 0 Å². The zero-order chi connectivity index (χ0) is 18.7. The second-order valence-corrected chi connectivity index (χ2v) is 7.78. The van der Waals surface area contributed by atoms with Gasteiger partial charge in [0.15, 0.2) is 9.84 Å². The van der Waals surface area contributed by atoms with Crippen LogP contribution < -0.4 is 0 Å². The highest BCUT2D eigenvalue weighted by molar-refractivity contribution is 7.90. The van der Waals surface area contributed by atoms with Gasteiger partial charge in [0.05, 0.1) is 4.90 Å². The highest BCUT2D eigenvalue weighted by atomic mass is 32.2. The molecular formula is C16H18F3N3O2S. The van der Waals surface area contributed by atoms with Crippen LogP contribution in [-0.2, 0) is 29.0 Å². The first-order valence-electron chi connectivity index (χ1n) is 7.42. The molecule has 0 bridgehead atoms. The summed E-state index contributed by atoms with van der Waals surface area (Å²) >= 11 is 0. The molecule has 136 valence electrons. The normalized spacial score (nSPS) is 12.6. The first-order chi connectivity index (χ1) is 11.6. The topological polar surface area (TPSA) is 63.2 Å². The Morgan fingerprint density at radius 3 is 2.32 bits per heavy atom. The maximum atomic E-state index is 12.6. The standard InChI is InChI=1S/C16H18F3N3O2S/c1-22(11-12-3-5-13(6-4-12)25(2,23)24)10-8-15-20-9-7-14(21-15)16(17,18)19/h3-7,9H,8,10-11H2,1-2H3. The highest BCUT2D eigenvalue weighted by Gasteiger charge is 2.32. The second-order valence-electron chi connectivity index (χ2n) is 5.76. The zero-order valence-corrected chi connectivity index (χ0v) is 14.6. The summed E-state index contributed by atoms with van der Waals surface area (Å²) in [5.74, 6) is 0.133. The van der Waals surface area contributed by atoms with Crippen LogP contribution in [-0.4, -0.2) is 43.1 Å². The van der Waals surface area contributed by atoms with Crippen LogP contribution in [0.5, 0.6) is 0 Å². The summed E-state index contributed by atoms with van der Waals surface area (Å²) < 4.78 is 60.7. The number of rotatable bonds is 6. The number of alkyl halides is 3. The molecule has 0 saturated heterocycles. The average molecular weight is 373 g/mol. The van der Waals surface area contributed by atoms with Crippen LogP contribution in [0.3, 0.4) is 0 Å². The highest BCUT2D eigenvalue weighted by Crippen LogP contribution is 2.26. The van der Waals surface area contributed by atoms with E-state index in [4.69, 9.17) is 0 Å². The van der Waals surface area contributed by atoms with Gasteiger partial charge in [-0.2, -0.15) is 13.2 Å². The Morgan fingerprint density at radius 2 is 1.76 bits per heavy atom. The number of nitrogens with zero attached hydrogens (tertiary/aromatic N) is 3. The van der Waals surface area contributed by atoms with E-state index >= 15 is 0 Å². The molecule has 5 nitrogen and oxygen atoms in total. The van der Waals surface area contributed by atoms with Crippen molar-refractivity contribution in [3.05, 3.63) is 53.6 Å². The van der Waals surface area contributed by atoms with Gasteiger partial charge in [-0.15, -0.1) is 0 Å². The van der Waals surface area contributed by atoms with Crippen LogP contribution in [0.2, 0.25) is 0 Å². The molecule has 9 heteroatoms. The molecule has 0 spiro atoms. The third-order valence-corrected chi connectivity index (χ3v) is 4.65. The zero-order valence-electron chi connectivity index (χ0n) is 13.8. The molecule has 25 heavy (non-hydrogen) atoms. The summed E-state index contributed by atoms with van der Waals surface area (Å²) in [6, 6.07) is 7.35. The molecule has 0 saturated carbocycles. The Kier molecular flexibility index (Phi) is 5.79. The van der Waals surface area contributed by atoms with E-state index in [2.05, 4.69) is 9.97 Å². The van der Waals surface area contributed by atoms with Crippen molar-refractivity contribution in [2.24, 2.45) is 0 Å². The lowest BCUT2D eigenvalue weighted by Gasteiger charge is -2.16. The van der Waals surface area contributed by atoms with E-state index in [0.717, 1.165) is 24.1 Å². The average Bonchev–Trinajstić information content (AvgIpc) is 2.52. The maximum Gasteiger partial charge on any atom is 0.433 e. The Labute approximate surface area is 144 Å². The SMILES string of the molecule is CN(CCc1nccc(C(F)(F)F)n1)Cc1ccc(S(C)(=O)=O)cc1. The lowest BCUT2D eigenvalue weighted by molar-refractivity contribution is -0.141. The number of likely N-dealkylation sites (N-methyl/N-ethyl adjacent to an activating group) is 1. The lowest BCUT2D eigenvalue weighted by Crippen LogP contribution is -2.22. The molecule has 0 unspecified atom stereocenters. The van der Waals surface area contributed by atoms with Crippen LogP contribution in [0.1, 0.15) is 17.1 Å². The quantitative estimate of drug-likeness (QED) is 0.779. The van der Waals surface area contributed by atoms with Gasteiger partial charge >= 0.3 is 6.18 Å². The predicted octanol–water partition coefficient (Wildman–Crippen LogP) is 2.57. The van der Waals surface area contributed by atoms with Gasteiger partial charge in [0.25, 0.3) is 0 Å². The Bertz CT molecular complexity index is 821. The van der Waals surface area contributed by atoms with Crippen molar-refractivity contribution in [3.63, 3.8) is 0 Å². The molecule has 1 heterocycles. The van der Waals surface area contributed by atoms with Gasteiger partial charge in [-0.3, -0.25) is 0 Å². The van der Waals surface area contributed by atoms with Crippen molar-refractivity contribution in [2.75, 3.05) is 19.8 Å². The molecule has 1 aromatic carbocycles. The van der Waals surface area contributed by atoms with Gasteiger partial charge in [0.1, 0.15) is 11.5 Å². The van der Waals surface area contributed by atoms with E-state index in [1.807, 2.05) is 11.9 Å². The minimum Gasteiger partial charge on any atom is -0.302 e.